The van der Waals surface area contributed by atoms with Gasteiger partial charge in [0, 0.05) is 17.1 Å². The molecule has 3 rings (SSSR count). The zero-order valence-corrected chi connectivity index (χ0v) is 15.4. The maximum absolute atomic E-state index is 12.9. The molecule has 2 heterocycles. The van der Waals surface area contributed by atoms with Crippen molar-refractivity contribution in [1.29, 1.82) is 0 Å². The van der Waals surface area contributed by atoms with Crippen molar-refractivity contribution < 1.29 is 26.1 Å². The van der Waals surface area contributed by atoms with Crippen LogP contribution >= 0.6 is 0 Å². The third-order valence-corrected chi connectivity index (χ3v) is 5.70. The summed E-state index contributed by atoms with van der Waals surface area (Å²) in [4.78, 5) is 3.86. The highest BCUT2D eigenvalue weighted by Crippen LogP contribution is 2.33. The molecule has 1 unspecified atom stereocenters. The first-order valence-electron chi connectivity index (χ1n) is 7.92. The van der Waals surface area contributed by atoms with Crippen LogP contribution in [0, 0.1) is 13.8 Å². The molecule has 27 heavy (non-hydrogen) atoms. The van der Waals surface area contributed by atoms with Crippen LogP contribution in [0.3, 0.4) is 0 Å². The van der Waals surface area contributed by atoms with Crippen molar-refractivity contribution in [2.75, 3.05) is 0 Å². The fourth-order valence-corrected chi connectivity index (χ4v) is 4.24. The van der Waals surface area contributed by atoms with Crippen LogP contribution < -0.4 is 4.72 Å². The summed E-state index contributed by atoms with van der Waals surface area (Å²) in [5.41, 5.74) is 1.87. The first-order valence-corrected chi connectivity index (χ1v) is 9.40. The normalized spacial score (nSPS) is 13.9. The standard InChI is InChI=1S/C17H16F3N3O3S/c1-9-16(10(2)26-22-9)12-7-14-13(5-4-6-21-14)15(8-12)27(24,25)23-11(3)17(18,19)20/h4-8,11,23H,1-3H3. The second kappa shape index (κ2) is 6.61. The molecule has 0 saturated heterocycles. The van der Waals surface area contributed by atoms with Gasteiger partial charge in [0.05, 0.1) is 16.1 Å². The van der Waals surface area contributed by atoms with E-state index < -0.39 is 22.2 Å². The second-order valence-corrected chi connectivity index (χ2v) is 7.81. The summed E-state index contributed by atoms with van der Waals surface area (Å²) < 4.78 is 70.8. The largest absolute Gasteiger partial charge is 0.404 e. The minimum Gasteiger partial charge on any atom is -0.361 e. The monoisotopic (exact) mass is 399 g/mol. The fourth-order valence-electron chi connectivity index (χ4n) is 2.77. The summed E-state index contributed by atoms with van der Waals surface area (Å²) >= 11 is 0. The van der Waals surface area contributed by atoms with Crippen LogP contribution in [0.15, 0.2) is 39.9 Å². The number of rotatable bonds is 4. The number of benzene rings is 1. The van der Waals surface area contributed by atoms with Crippen LogP contribution in [-0.2, 0) is 10.0 Å². The van der Waals surface area contributed by atoms with Gasteiger partial charge in [-0.2, -0.15) is 17.9 Å². The molecule has 144 valence electrons. The average Bonchev–Trinajstić information content (AvgIpc) is 2.91. The fraction of sp³-hybridized carbons (Fsp3) is 0.294. The van der Waals surface area contributed by atoms with E-state index in [4.69, 9.17) is 4.52 Å². The SMILES string of the molecule is Cc1noc(C)c1-c1cc(S(=O)(=O)NC(C)C(F)(F)F)c2cccnc2c1. The van der Waals surface area contributed by atoms with Crippen molar-refractivity contribution in [3.8, 4) is 11.1 Å². The number of hydrogen-bond acceptors (Lipinski definition) is 5. The molecule has 0 radical (unpaired) electrons. The number of sulfonamides is 1. The Morgan fingerprint density at radius 2 is 1.93 bits per heavy atom. The summed E-state index contributed by atoms with van der Waals surface area (Å²) in [5.74, 6) is 0.461. The van der Waals surface area contributed by atoms with Gasteiger partial charge in [-0.1, -0.05) is 5.16 Å². The molecule has 0 bridgehead atoms. The molecular formula is C17H16F3N3O3S. The van der Waals surface area contributed by atoms with Crippen LogP contribution in [0.4, 0.5) is 13.2 Å². The summed E-state index contributed by atoms with van der Waals surface area (Å²) in [6.07, 6.45) is -3.23. The van der Waals surface area contributed by atoms with Crippen LogP contribution in [0.25, 0.3) is 22.0 Å². The molecular weight excluding hydrogens is 383 g/mol. The number of hydrogen-bond donors (Lipinski definition) is 1. The number of nitrogens with zero attached hydrogens (tertiary/aromatic N) is 2. The predicted molar refractivity (Wildman–Crippen MR) is 92.6 cm³/mol. The Labute approximate surface area is 153 Å². The predicted octanol–water partition coefficient (Wildman–Crippen LogP) is 3.74. The van der Waals surface area contributed by atoms with Gasteiger partial charge in [0.15, 0.2) is 0 Å². The maximum atomic E-state index is 12.9. The topological polar surface area (TPSA) is 85.1 Å². The van der Waals surface area contributed by atoms with Crippen molar-refractivity contribution >= 4 is 20.9 Å². The molecule has 1 N–H and O–H groups in total. The van der Waals surface area contributed by atoms with Crippen molar-refractivity contribution in [3.63, 3.8) is 0 Å². The van der Waals surface area contributed by atoms with E-state index in [0.29, 0.717) is 28.1 Å². The number of halogens is 3. The molecule has 2 aromatic heterocycles. The van der Waals surface area contributed by atoms with Gasteiger partial charge in [0.1, 0.15) is 11.8 Å². The number of fused-ring (bicyclic) bond motifs is 1. The lowest BCUT2D eigenvalue weighted by molar-refractivity contribution is -0.147. The molecule has 1 atom stereocenters. The Morgan fingerprint density at radius 3 is 2.52 bits per heavy atom. The highest BCUT2D eigenvalue weighted by molar-refractivity contribution is 7.89. The first kappa shape index (κ1) is 19.3. The average molecular weight is 399 g/mol. The van der Waals surface area contributed by atoms with E-state index in [0.717, 1.165) is 6.92 Å². The quantitative estimate of drug-likeness (QED) is 0.723. The Bertz CT molecular complexity index is 1090. The number of aromatic nitrogens is 2. The van der Waals surface area contributed by atoms with E-state index in [-0.39, 0.29) is 10.3 Å². The molecule has 0 amide bonds. The number of aryl methyl sites for hydroxylation is 2. The van der Waals surface area contributed by atoms with Gasteiger partial charge in [-0.05, 0) is 50.6 Å². The van der Waals surface area contributed by atoms with Crippen LogP contribution in [0.1, 0.15) is 18.4 Å². The number of pyridine rings is 1. The van der Waals surface area contributed by atoms with Crippen molar-refractivity contribution in [3.05, 3.63) is 41.9 Å². The second-order valence-electron chi connectivity index (χ2n) is 6.13. The van der Waals surface area contributed by atoms with E-state index in [2.05, 4.69) is 10.1 Å². The molecule has 0 aliphatic carbocycles. The van der Waals surface area contributed by atoms with Crippen LogP contribution in [0.5, 0.6) is 0 Å². The van der Waals surface area contributed by atoms with Gasteiger partial charge in [-0.3, -0.25) is 4.98 Å². The zero-order valence-electron chi connectivity index (χ0n) is 14.6. The van der Waals surface area contributed by atoms with Gasteiger partial charge in [-0.25, -0.2) is 8.42 Å². The lowest BCUT2D eigenvalue weighted by Gasteiger charge is -2.18. The first-order chi connectivity index (χ1) is 12.5. The molecule has 0 aliphatic rings. The Morgan fingerprint density at radius 1 is 1.22 bits per heavy atom. The third-order valence-electron chi connectivity index (χ3n) is 4.12. The van der Waals surface area contributed by atoms with Crippen LogP contribution in [-0.4, -0.2) is 30.8 Å². The third kappa shape index (κ3) is 3.67. The van der Waals surface area contributed by atoms with Gasteiger partial charge < -0.3 is 4.52 Å². The highest BCUT2D eigenvalue weighted by atomic mass is 32.2. The summed E-state index contributed by atoms with van der Waals surface area (Å²) in [5, 5.41) is 4.05. The molecule has 0 aliphatic heterocycles. The number of nitrogens with one attached hydrogen (secondary N) is 1. The molecule has 6 nitrogen and oxygen atoms in total. The molecule has 0 spiro atoms. The van der Waals surface area contributed by atoms with E-state index in [1.807, 2.05) is 0 Å². The molecule has 3 aromatic rings. The lowest BCUT2D eigenvalue weighted by atomic mass is 10.0. The van der Waals surface area contributed by atoms with Gasteiger partial charge >= 0.3 is 6.18 Å². The minimum atomic E-state index is -4.71. The molecule has 1 aromatic carbocycles. The Kier molecular flexibility index (Phi) is 4.73. The molecule has 0 saturated carbocycles. The number of alkyl halides is 3. The van der Waals surface area contributed by atoms with E-state index in [1.165, 1.54) is 24.4 Å². The molecule has 0 fully saturated rings. The molecule has 10 heteroatoms. The lowest BCUT2D eigenvalue weighted by Crippen LogP contribution is -2.43. The zero-order chi connectivity index (χ0) is 20.0. The summed E-state index contributed by atoms with van der Waals surface area (Å²) in [6, 6.07) is 3.73. The highest BCUT2D eigenvalue weighted by Gasteiger charge is 2.39. The Hall–Kier alpha value is -2.46. The van der Waals surface area contributed by atoms with Gasteiger partial charge in [0.2, 0.25) is 10.0 Å². The van der Waals surface area contributed by atoms with E-state index in [9.17, 15) is 21.6 Å². The summed E-state index contributed by atoms with van der Waals surface area (Å²) in [7, 11) is -4.47. The van der Waals surface area contributed by atoms with Crippen LogP contribution in [0.2, 0.25) is 0 Å². The van der Waals surface area contributed by atoms with Crippen molar-refractivity contribution in [2.45, 2.75) is 37.9 Å². The van der Waals surface area contributed by atoms with Gasteiger partial charge in [0.25, 0.3) is 0 Å². The summed E-state index contributed by atoms with van der Waals surface area (Å²) in [6.45, 7) is 4.10. The van der Waals surface area contributed by atoms with Crippen molar-refractivity contribution in [2.24, 2.45) is 0 Å². The van der Waals surface area contributed by atoms with E-state index in [1.54, 1.807) is 24.6 Å². The minimum absolute atomic E-state index is 0.217. The van der Waals surface area contributed by atoms with E-state index >= 15 is 0 Å². The Balaban J connectivity index is 2.23. The van der Waals surface area contributed by atoms with Gasteiger partial charge in [-0.15, -0.1) is 0 Å². The van der Waals surface area contributed by atoms with Crippen molar-refractivity contribution in [1.82, 2.24) is 14.9 Å². The smallest absolute Gasteiger partial charge is 0.361 e. The maximum Gasteiger partial charge on any atom is 0.404 e.